The van der Waals surface area contributed by atoms with Crippen LogP contribution in [0.15, 0.2) is 47.5 Å². The monoisotopic (exact) mass is 462 g/mol. The zero-order valence-electron chi connectivity index (χ0n) is 20.3. The highest BCUT2D eigenvalue weighted by atomic mass is 16.1. The Labute approximate surface area is 201 Å². The summed E-state index contributed by atoms with van der Waals surface area (Å²) < 4.78 is 0. The van der Waals surface area contributed by atoms with Gasteiger partial charge in [0.05, 0.1) is 6.07 Å². The third-order valence-electron chi connectivity index (χ3n) is 5.57. The predicted octanol–water partition coefficient (Wildman–Crippen LogP) is 2.77. The molecule has 1 saturated carbocycles. The van der Waals surface area contributed by atoms with E-state index in [1.165, 1.54) is 0 Å². The van der Waals surface area contributed by atoms with Gasteiger partial charge in [-0.15, -0.1) is 0 Å². The summed E-state index contributed by atoms with van der Waals surface area (Å²) in [6.45, 7) is 5.09. The van der Waals surface area contributed by atoms with Gasteiger partial charge in [-0.05, 0) is 69.0 Å². The van der Waals surface area contributed by atoms with E-state index in [0.717, 1.165) is 30.6 Å². The normalized spacial score (nSPS) is 14.3. The molecule has 1 fully saturated rings. The number of aliphatic imine (C=N–C) groups is 1. The van der Waals surface area contributed by atoms with E-state index < -0.39 is 0 Å². The number of benzene rings is 1. The molecule has 2 aromatic rings. The lowest BCUT2D eigenvalue weighted by atomic mass is 10.2. The lowest BCUT2D eigenvalue weighted by Crippen LogP contribution is -2.37. The van der Waals surface area contributed by atoms with E-state index in [0.29, 0.717) is 36.4 Å². The highest BCUT2D eigenvalue weighted by molar-refractivity contribution is 5.97. The number of nitriles is 1. The van der Waals surface area contributed by atoms with Crippen molar-refractivity contribution in [2.45, 2.75) is 38.8 Å². The molecule has 9 heteroatoms. The van der Waals surface area contributed by atoms with E-state index in [-0.39, 0.29) is 12.1 Å². The van der Waals surface area contributed by atoms with Crippen molar-refractivity contribution in [2.24, 2.45) is 10.9 Å². The van der Waals surface area contributed by atoms with Gasteiger partial charge in [0.25, 0.3) is 0 Å². The predicted molar refractivity (Wildman–Crippen MR) is 137 cm³/mol. The minimum Gasteiger partial charge on any atom is -0.373 e. The van der Waals surface area contributed by atoms with Gasteiger partial charge >= 0.3 is 0 Å². The van der Waals surface area contributed by atoms with Gasteiger partial charge in [-0.2, -0.15) is 5.26 Å². The first-order valence-electron chi connectivity index (χ1n) is 11.6. The summed E-state index contributed by atoms with van der Waals surface area (Å²) in [6.07, 6.45) is 3.04. The molecule has 1 atom stereocenters. The molecule has 1 aromatic heterocycles. The number of hydrazine groups is 1. The fourth-order valence-corrected chi connectivity index (χ4v) is 3.54. The van der Waals surface area contributed by atoms with Gasteiger partial charge < -0.3 is 15.6 Å². The fourth-order valence-electron chi connectivity index (χ4n) is 3.54. The number of rotatable bonds is 12. The zero-order valence-corrected chi connectivity index (χ0v) is 20.3. The van der Waals surface area contributed by atoms with Gasteiger partial charge in [-0.25, -0.2) is 10.4 Å². The van der Waals surface area contributed by atoms with Crippen LogP contribution >= 0.6 is 0 Å². The summed E-state index contributed by atoms with van der Waals surface area (Å²) in [4.78, 5) is 24.7. The van der Waals surface area contributed by atoms with Crippen molar-refractivity contribution in [1.29, 1.82) is 5.26 Å². The van der Waals surface area contributed by atoms with Crippen molar-refractivity contribution >= 4 is 29.4 Å². The van der Waals surface area contributed by atoms with Crippen LogP contribution in [0, 0.1) is 17.2 Å². The number of aromatic nitrogens is 1. The van der Waals surface area contributed by atoms with Crippen LogP contribution in [0.1, 0.15) is 32.4 Å². The number of amides is 1. The quantitative estimate of drug-likeness (QED) is 0.193. The van der Waals surface area contributed by atoms with Crippen LogP contribution in [0.4, 0.5) is 17.2 Å². The third-order valence-corrected chi connectivity index (χ3v) is 5.57. The summed E-state index contributed by atoms with van der Waals surface area (Å²) in [6, 6.07) is 15.9. The number of nitrogens with zero attached hydrogens (tertiary/aromatic N) is 5. The van der Waals surface area contributed by atoms with Gasteiger partial charge in [0.15, 0.2) is 5.84 Å². The number of likely N-dealkylation sites (N-methyl/N-ethyl adjacent to an activating group) is 1. The average Bonchev–Trinajstić information content (AvgIpc) is 3.68. The minimum atomic E-state index is -0.123. The minimum absolute atomic E-state index is 0.0956. The lowest BCUT2D eigenvalue weighted by molar-refractivity contribution is -0.107. The summed E-state index contributed by atoms with van der Waals surface area (Å²) in [7, 11) is 3.76. The van der Waals surface area contributed by atoms with Gasteiger partial charge in [-0.1, -0.05) is 6.07 Å². The second kappa shape index (κ2) is 12.0. The Morgan fingerprint density at radius 2 is 1.97 bits per heavy atom. The molecule has 180 valence electrons. The number of pyridine rings is 1. The number of nitrogens with one attached hydrogen (secondary N) is 3. The topological polar surface area (TPSA) is 109 Å². The first-order chi connectivity index (χ1) is 16.4. The first kappa shape index (κ1) is 25.0. The van der Waals surface area contributed by atoms with Crippen LogP contribution in [0.3, 0.4) is 0 Å². The van der Waals surface area contributed by atoms with Crippen molar-refractivity contribution < 1.29 is 4.79 Å². The fraction of sp³-hybridized carbons (Fsp3) is 0.440. The summed E-state index contributed by atoms with van der Waals surface area (Å²) in [5.74, 6) is 1.66. The van der Waals surface area contributed by atoms with Gasteiger partial charge in [0.2, 0.25) is 6.41 Å². The maximum atomic E-state index is 11.8. The Kier molecular flexibility index (Phi) is 8.82. The number of carbonyl (C=O) groups is 1. The van der Waals surface area contributed by atoms with E-state index in [1.807, 2.05) is 63.4 Å². The Balaban J connectivity index is 1.62. The highest BCUT2D eigenvalue weighted by Gasteiger charge is 2.31. The van der Waals surface area contributed by atoms with Crippen molar-refractivity contribution in [3.8, 4) is 6.07 Å². The Morgan fingerprint density at radius 1 is 1.24 bits per heavy atom. The zero-order chi connectivity index (χ0) is 24.5. The van der Waals surface area contributed by atoms with Gasteiger partial charge in [0.1, 0.15) is 17.6 Å². The van der Waals surface area contributed by atoms with E-state index >= 15 is 0 Å². The van der Waals surface area contributed by atoms with E-state index in [1.54, 1.807) is 11.9 Å². The highest BCUT2D eigenvalue weighted by Crippen LogP contribution is 2.34. The summed E-state index contributed by atoms with van der Waals surface area (Å²) in [5.41, 5.74) is 8.54. The molecule has 0 bridgehead atoms. The Bertz CT molecular complexity index is 1010. The molecule has 3 N–H and O–H groups in total. The first-order valence-corrected chi connectivity index (χ1v) is 11.6. The molecule has 9 nitrogen and oxygen atoms in total. The standard InChI is InChI=1S/C25H34N8O/c1-18(2)28-25(31-27-3)22-6-5-7-24(30-22)33(17-34)15-14-32(4)21-12-10-20(11-13-21)29-23(16-26)19-8-9-19/h5-7,10-13,17-19,23,27,29H,8-9,14-15H2,1-4H3,(H,28,31). The maximum absolute atomic E-state index is 11.8. The SMILES string of the molecule is CNNC(=NC(C)C)c1cccc(N(C=O)CCN(C)c2ccc(NC(C#N)C3CC3)cc2)n1. The molecule has 1 aliphatic carbocycles. The molecule has 1 aliphatic rings. The van der Waals surface area contributed by atoms with Gasteiger partial charge in [-0.3, -0.25) is 14.7 Å². The van der Waals surface area contributed by atoms with Crippen molar-refractivity contribution in [1.82, 2.24) is 15.8 Å². The number of anilines is 3. The number of hydrogen-bond acceptors (Lipinski definition) is 7. The molecule has 0 aliphatic heterocycles. The molecule has 1 heterocycles. The smallest absolute Gasteiger partial charge is 0.215 e. The van der Waals surface area contributed by atoms with Crippen LogP contribution in [-0.4, -0.2) is 56.5 Å². The summed E-state index contributed by atoms with van der Waals surface area (Å²) >= 11 is 0. The van der Waals surface area contributed by atoms with E-state index in [4.69, 9.17) is 0 Å². The summed E-state index contributed by atoms with van der Waals surface area (Å²) in [5, 5.41) is 12.6. The van der Waals surface area contributed by atoms with Crippen LogP contribution < -0.4 is 26.0 Å². The average molecular weight is 463 g/mol. The van der Waals surface area contributed by atoms with Gasteiger partial charge in [0, 0.05) is 44.6 Å². The molecular weight excluding hydrogens is 428 g/mol. The molecule has 0 radical (unpaired) electrons. The third kappa shape index (κ3) is 6.93. The van der Waals surface area contributed by atoms with E-state index in [9.17, 15) is 10.1 Å². The second-order valence-electron chi connectivity index (χ2n) is 8.68. The number of hydrogen-bond donors (Lipinski definition) is 3. The van der Waals surface area contributed by atoms with Crippen molar-refractivity contribution in [2.75, 3.05) is 42.3 Å². The van der Waals surface area contributed by atoms with Crippen LogP contribution in [0.2, 0.25) is 0 Å². The van der Waals surface area contributed by atoms with Crippen molar-refractivity contribution in [3.05, 3.63) is 48.2 Å². The lowest BCUT2D eigenvalue weighted by Gasteiger charge is -2.24. The molecule has 0 spiro atoms. The molecule has 0 saturated heterocycles. The van der Waals surface area contributed by atoms with Crippen molar-refractivity contribution in [3.63, 3.8) is 0 Å². The maximum Gasteiger partial charge on any atom is 0.215 e. The Hall–Kier alpha value is -3.64. The second-order valence-corrected chi connectivity index (χ2v) is 8.68. The molecule has 3 rings (SSSR count). The molecule has 1 aromatic carbocycles. The van der Waals surface area contributed by atoms with E-state index in [2.05, 4.69) is 37.1 Å². The number of amidine groups is 1. The largest absolute Gasteiger partial charge is 0.373 e. The van der Waals surface area contributed by atoms with Crippen LogP contribution in [0.25, 0.3) is 0 Å². The molecule has 34 heavy (non-hydrogen) atoms. The molecule has 1 amide bonds. The molecular formula is C25H34N8O. The molecule has 1 unspecified atom stereocenters. The van der Waals surface area contributed by atoms with Crippen LogP contribution in [-0.2, 0) is 4.79 Å². The van der Waals surface area contributed by atoms with Crippen LogP contribution in [0.5, 0.6) is 0 Å². The Morgan fingerprint density at radius 3 is 2.56 bits per heavy atom. The number of carbonyl (C=O) groups excluding carboxylic acids is 1.